The Balaban J connectivity index is 1.46. The van der Waals surface area contributed by atoms with Crippen LogP contribution in [0.3, 0.4) is 0 Å². The van der Waals surface area contributed by atoms with Gasteiger partial charge in [0.25, 0.3) is 5.91 Å². The topological polar surface area (TPSA) is 58.2 Å². The summed E-state index contributed by atoms with van der Waals surface area (Å²) in [5, 5.41) is 6.36. The van der Waals surface area contributed by atoms with Gasteiger partial charge >= 0.3 is 0 Å². The van der Waals surface area contributed by atoms with Gasteiger partial charge in [-0.2, -0.15) is 0 Å². The second kappa shape index (κ2) is 9.05. The van der Waals surface area contributed by atoms with Crippen molar-refractivity contribution >= 4 is 23.4 Å². The van der Waals surface area contributed by atoms with E-state index in [1.807, 2.05) is 6.92 Å². The molecule has 0 saturated carbocycles. The average molecular weight is 385 g/mol. The van der Waals surface area contributed by atoms with Gasteiger partial charge in [-0.25, -0.2) is 0 Å². The van der Waals surface area contributed by atoms with E-state index in [-0.39, 0.29) is 24.3 Å². The van der Waals surface area contributed by atoms with E-state index in [1.165, 1.54) is 24.0 Å². The lowest BCUT2D eigenvalue weighted by Crippen LogP contribution is -2.32. The van der Waals surface area contributed by atoms with Gasteiger partial charge in [0.05, 0.1) is 6.04 Å². The largest absolute Gasteiger partial charge is 0.352 e. The van der Waals surface area contributed by atoms with Gasteiger partial charge in [-0.1, -0.05) is 29.8 Å². The second-order valence-electron chi connectivity index (χ2n) is 7.04. The molecule has 0 aromatic heterocycles. The molecule has 27 heavy (non-hydrogen) atoms. The molecule has 0 bridgehead atoms. The summed E-state index contributed by atoms with van der Waals surface area (Å²) in [6.07, 6.45) is 5.03. The second-order valence-corrected chi connectivity index (χ2v) is 7.47. The molecule has 0 fully saturated rings. The molecule has 142 valence electrons. The molecule has 2 amide bonds. The standard InChI is InChI=1S/C22H25ClN2O2/c1-15(18-7-6-16-4-2-3-5-19(16)14-18)25-21(26)12-13-24-22(27)17-8-10-20(23)11-9-17/h6-11,14-15H,2-5,12-13H2,1H3,(H,24,27)(H,25,26)/t15-/m1/s1. The Bertz CT molecular complexity index is 818. The van der Waals surface area contributed by atoms with Crippen LogP contribution in [-0.2, 0) is 17.6 Å². The van der Waals surface area contributed by atoms with E-state index in [1.54, 1.807) is 24.3 Å². The van der Waals surface area contributed by atoms with Crippen LogP contribution in [0.25, 0.3) is 0 Å². The molecule has 0 aliphatic heterocycles. The van der Waals surface area contributed by atoms with Gasteiger partial charge in [0.2, 0.25) is 5.91 Å². The minimum Gasteiger partial charge on any atom is -0.352 e. The third kappa shape index (κ3) is 5.33. The van der Waals surface area contributed by atoms with Crippen LogP contribution >= 0.6 is 11.6 Å². The van der Waals surface area contributed by atoms with Crippen molar-refractivity contribution in [2.45, 2.75) is 45.1 Å². The number of carbonyl (C=O) groups excluding carboxylic acids is 2. The van der Waals surface area contributed by atoms with Crippen LogP contribution in [0.2, 0.25) is 5.02 Å². The Morgan fingerprint density at radius 2 is 1.74 bits per heavy atom. The number of carbonyl (C=O) groups is 2. The quantitative estimate of drug-likeness (QED) is 0.783. The third-order valence-corrected chi connectivity index (χ3v) is 5.25. The van der Waals surface area contributed by atoms with Crippen LogP contribution in [0, 0.1) is 0 Å². The van der Waals surface area contributed by atoms with Crippen LogP contribution in [0.4, 0.5) is 0 Å². The zero-order valence-electron chi connectivity index (χ0n) is 15.6. The maximum Gasteiger partial charge on any atom is 0.251 e. The van der Waals surface area contributed by atoms with Crippen molar-refractivity contribution in [1.29, 1.82) is 0 Å². The number of rotatable bonds is 6. The fourth-order valence-corrected chi connectivity index (χ4v) is 3.54. The zero-order chi connectivity index (χ0) is 19.2. The first-order valence-electron chi connectivity index (χ1n) is 9.48. The van der Waals surface area contributed by atoms with E-state index in [0.29, 0.717) is 17.1 Å². The number of nitrogens with one attached hydrogen (secondary N) is 2. The summed E-state index contributed by atoms with van der Waals surface area (Å²) in [6, 6.07) is 13.1. The first kappa shape index (κ1) is 19.4. The van der Waals surface area contributed by atoms with Crippen LogP contribution in [0.1, 0.15) is 59.3 Å². The van der Waals surface area contributed by atoms with Crippen molar-refractivity contribution in [3.05, 3.63) is 69.7 Å². The van der Waals surface area contributed by atoms with E-state index < -0.39 is 0 Å². The van der Waals surface area contributed by atoms with Crippen molar-refractivity contribution < 1.29 is 9.59 Å². The summed E-state index contributed by atoms with van der Waals surface area (Å²) < 4.78 is 0. The van der Waals surface area contributed by atoms with E-state index in [0.717, 1.165) is 18.4 Å². The highest BCUT2D eigenvalue weighted by atomic mass is 35.5. The first-order chi connectivity index (χ1) is 13.0. The third-order valence-electron chi connectivity index (χ3n) is 4.99. The van der Waals surface area contributed by atoms with Crippen molar-refractivity contribution in [1.82, 2.24) is 10.6 Å². The van der Waals surface area contributed by atoms with Crippen LogP contribution in [0.15, 0.2) is 42.5 Å². The average Bonchev–Trinajstić information content (AvgIpc) is 2.68. The van der Waals surface area contributed by atoms with Crippen LogP contribution < -0.4 is 10.6 Å². The molecule has 2 aromatic carbocycles. The van der Waals surface area contributed by atoms with E-state index >= 15 is 0 Å². The molecule has 1 atom stereocenters. The van der Waals surface area contributed by atoms with Crippen LogP contribution in [-0.4, -0.2) is 18.4 Å². The molecule has 2 N–H and O–H groups in total. The number of amides is 2. The molecule has 1 aliphatic rings. The number of fused-ring (bicyclic) bond motifs is 1. The molecule has 0 radical (unpaired) electrons. The number of hydrogen-bond donors (Lipinski definition) is 2. The molecule has 0 spiro atoms. The Kier molecular flexibility index (Phi) is 6.51. The molecule has 3 rings (SSSR count). The Hall–Kier alpha value is -2.33. The van der Waals surface area contributed by atoms with Gasteiger partial charge in [0, 0.05) is 23.6 Å². The summed E-state index contributed by atoms with van der Waals surface area (Å²) in [7, 11) is 0. The number of halogens is 1. The molecule has 0 unspecified atom stereocenters. The Labute approximate surface area is 165 Å². The van der Waals surface area contributed by atoms with Gasteiger partial charge in [0.15, 0.2) is 0 Å². The summed E-state index contributed by atoms with van der Waals surface area (Å²) in [5.74, 6) is -0.279. The van der Waals surface area contributed by atoms with Gasteiger partial charge < -0.3 is 10.6 Å². The highest BCUT2D eigenvalue weighted by Crippen LogP contribution is 2.24. The molecule has 4 nitrogen and oxygen atoms in total. The summed E-state index contributed by atoms with van der Waals surface area (Å²) in [5.41, 5.74) is 4.51. The van der Waals surface area contributed by atoms with Gasteiger partial charge in [0.1, 0.15) is 0 Å². The number of hydrogen-bond acceptors (Lipinski definition) is 2. The first-order valence-corrected chi connectivity index (χ1v) is 9.85. The molecule has 0 saturated heterocycles. The van der Waals surface area contributed by atoms with Gasteiger partial charge in [-0.05, 0) is 73.6 Å². The molecular weight excluding hydrogens is 360 g/mol. The zero-order valence-corrected chi connectivity index (χ0v) is 16.3. The van der Waals surface area contributed by atoms with Crippen molar-refractivity contribution in [3.8, 4) is 0 Å². The van der Waals surface area contributed by atoms with E-state index in [2.05, 4.69) is 28.8 Å². The Morgan fingerprint density at radius 3 is 2.48 bits per heavy atom. The molecular formula is C22H25ClN2O2. The molecule has 1 aliphatic carbocycles. The highest BCUT2D eigenvalue weighted by molar-refractivity contribution is 6.30. The number of benzene rings is 2. The van der Waals surface area contributed by atoms with Crippen LogP contribution in [0.5, 0.6) is 0 Å². The number of aryl methyl sites for hydroxylation is 2. The van der Waals surface area contributed by atoms with Gasteiger partial charge in [-0.15, -0.1) is 0 Å². The SMILES string of the molecule is C[C@@H](NC(=O)CCNC(=O)c1ccc(Cl)cc1)c1ccc2c(c1)CCCC2. The maximum absolute atomic E-state index is 12.2. The lowest BCUT2D eigenvalue weighted by molar-refractivity contribution is -0.121. The molecule has 0 heterocycles. The fraction of sp³-hybridized carbons (Fsp3) is 0.364. The smallest absolute Gasteiger partial charge is 0.251 e. The minimum absolute atomic E-state index is 0.0447. The van der Waals surface area contributed by atoms with Gasteiger partial charge in [-0.3, -0.25) is 9.59 Å². The summed E-state index contributed by atoms with van der Waals surface area (Å²) in [6.45, 7) is 2.29. The summed E-state index contributed by atoms with van der Waals surface area (Å²) >= 11 is 5.82. The van der Waals surface area contributed by atoms with E-state index in [9.17, 15) is 9.59 Å². The maximum atomic E-state index is 12.2. The highest BCUT2D eigenvalue weighted by Gasteiger charge is 2.14. The monoisotopic (exact) mass is 384 g/mol. The normalized spacial score (nSPS) is 14.1. The lowest BCUT2D eigenvalue weighted by atomic mass is 9.89. The Morgan fingerprint density at radius 1 is 1.04 bits per heavy atom. The molecule has 5 heteroatoms. The predicted molar refractivity (Wildman–Crippen MR) is 108 cm³/mol. The lowest BCUT2D eigenvalue weighted by Gasteiger charge is -2.20. The van der Waals surface area contributed by atoms with Crippen molar-refractivity contribution in [2.24, 2.45) is 0 Å². The summed E-state index contributed by atoms with van der Waals surface area (Å²) in [4.78, 5) is 24.2. The van der Waals surface area contributed by atoms with E-state index in [4.69, 9.17) is 11.6 Å². The van der Waals surface area contributed by atoms with Crippen molar-refractivity contribution in [3.63, 3.8) is 0 Å². The minimum atomic E-state index is -0.206. The van der Waals surface area contributed by atoms with Crippen molar-refractivity contribution in [2.75, 3.05) is 6.54 Å². The fourth-order valence-electron chi connectivity index (χ4n) is 3.41. The predicted octanol–water partition coefficient (Wildman–Crippen LogP) is 4.22. The molecule has 2 aromatic rings.